The predicted molar refractivity (Wildman–Crippen MR) is 351 cm³/mol. The van der Waals surface area contributed by atoms with Crippen molar-refractivity contribution < 1.29 is 120 Å². The Hall–Kier alpha value is -3.70. The van der Waals surface area contributed by atoms with E-state index in [-0.39, 0.29) is 154 Å². The Morgan fingerprint density at radius 3 is 1.14 bits per heavy atom. The molecule has 28 heteroatoms. The molecule has 3 fully saturated rings. The molecule has 0 aromatic rings. The number of ether oxygens (including phenoxy) is 17. The predicted octanol–water partition coefficient (Wildman–Crippen LogP) is 2.36. The molecule has 95 heavy (non-hydrogen) atoms. The third-order valence-electron chi connectivity index (χ3n) is 14.7. The van der Waals surface area contributed by atoms with Crippen LogP contribution >= 0.6 is 0 Å². The standard InChI is InChI=1S/C41H81N3O13.C26H40O12/c1-31(23-49-27-35(45)16-42(5)20-39-10-7-13-51-39)55-26-34(4)57-30-38(48)19-44(22-41-12-9-15-53-41)18-37(47)28-50-24-32(2)54-25-33(3)56-29-36(46)17-43(6)21-40-11-8-14-52-40;1-5-9-25(30)38-17-13-34-21-26(18-31-10-14-35-22(27)6-2,19-32-11-15-36-23(28)7-3)20-33-12-16-37-24(29)8-4/h31-41,45-48H,7-30H2,1-6H3;6-8H,2-5,9-21H2,1H3. The van der Waals surface area contributed by atoms with Gasteiger partial charge in [0, 0.05) is 90.3 Å². The molecular formula is C67H121N3O25. The number of carbonyl (C=O) groups excluding carboxylic acids is 4. The first-order valence-corrected chi connectivity index (χ1v) is 33.8. The van der Waals surface area contributed by atoms with E-state index in [1.54, 1.807) is 0 Å². The van der Waals surface area contributed by atoms with E-state index in [0.29, 0.717) is 72.0 Å². The van der Waals surface area contributed by atoms with Gasteiger partial charge in [-0.05, 0) is 86.7 Å². The molecule has 11 unspecified atom stereocenters. The number of carbonyl (C=O) groups is 4. The SMILES string of the molecule is C=CC(=O)OCCOCC(COCCOC(=O)C=C)(COCCOC(=O)C=C)COCCOC(=O)CCC.CC(COCC(O)CN(CC(O)COC(C)COC(C)COCC(O)CN(C)CC1CCCO1)CC1CCCO1)OCC(C)OCC(O)CN(C)CC1CCCO1. The Balaban J connectivity index is 0.000000705. The van der Waals surface area contributed by atoms with Gasteiger partial charge in [0.25, 0.3) is 0 Å². The molecule has 0 bridgehead atoms. The van der Waals surface area contributed by atoms with Crippen LogP contribution in [0.15, 0.2) is 38.0 Å². The Morgan fingerprint density at radius 2 is 0.779 bits per heavy atom. The Labute approximate surface area is 565 Å². The molecule has 554 valence electrons. The molecule has 0 aromatic carbocycles. The molecule has 0 aliphatic carbocycles. The fraction of sp³-hybridized carbons (Fsp3) is 0.851. The van der Waals surface area contributed by atoms with Gasteiger partial charge in [-0.25, -0.2) is 14.4 Å². The molecule has 0 aromatic heterocycles. The summed E-state index contributed by atoms with van der Waals surface area (Å²) in [7, 11) is 3.97. The molecule has 0 spiro atoms. The van der Waals surface area contributed by atoms with E-state index in [9.17, 15) is 39.6 Å². The molecule has 0 saturated carbocycles. The molecule has 0 radical (unpaired) electrons. The molecule has 3 rings (SSSR count). The summed E-state index contributed by atoms with van der Waals surface area (Å²) >= 11 is 0. The summed E-state index contributed by atoms with van der Waals surface area (Å²) in [5, 5.41) is 42.5. The third kappa shape index (κ3) is 47.1. The summed E-state index contributed by atoms with van der Waals surface area (Å²) in [6.45, 7) is 28.6. The van der Waals surface area contributed by atoms with Gasteiger partial charge >= 0.3 is 23.9 Å². The van der Waals surface area contributed by atoms with E-state index in [0.717, 1.165) is 89.7 Å². The fourth-order valence-corrected chi connectivity index (χ4v) is 10.0. The molecule has 11 atom stereocenters. The van der Waals surface area contributed by atoms with Crippen LogP contribution in [-0.2, 0) is 99.7 Å². The molecular weight excluding hydrogens is 1250 g/mol. The molecule has 3 heterocycles. The first-order valence-electron chi connectivity index (χ1n) is 33.8. The van der Waals surface area contributed by atoms with Gasteiger partial charge in [0.15, 0.2) is 0 Å². The number of hydrogen-bond donors (Lipinski definition) is 4. The first kappa shape index (κ1) is 87.4. The highest BCUT2D eigenvalue weighted by atomic mass is 16.6. The monoisotopic (exact) mass is 1370 g/mol. The zero-order valence-electron chi connectivity index (χ0n) is 58.3. The number of hydrogen-bond acceptors (Lipinski definition) is 28. The Morgan fingerprint density at radius 1 is 0.453 bits per heavy atom. The first-order chi connectivity index (χ1) is 45.7. The highest BCUT2D eigenvalue weighted by molar-refractivity contribution is 5.81. The van der Waals surface area contributed by atoms with Crippen molar-refractivity contribution in [1.29, 1.82) is 0 Å². The van der Waals surface area contributed by atoms with E-state index in [4.69, 9.17) is 80.5 Å². The molecule has 28 nitrogen and oxygen atoms in total. The van der Waals surface area contributed by atoms with E-state index in [1.165, 1.54) is 0 Å². The van der Waals surface area contributed by atoms with Crippen LogP contribution < -0.4 is 0 Å². The lowest BCUT2D eigenvalue weighted by atomic mass is 9.92. The Kier molecular flexibility index (Phi) is 50.7. The second-order valence-corrected chi connectivity index (χ2v) is 24.6. The van der Waals surface area contributed by atoms with Crippen LogP contribution in [0.1, 0.15) is 86.0 Å². The zero-order valence-corrected chi connectivity index (χ0v) is 58.3. The number of likely N-dealkylation sites (N-methyl/N-ethyl adjacent to an activating group) is 2. The average molecular weight is 1370 g/mol. The number of rotatable bonds is 59. The van der Waals surface area contributed by atoms with Gasteiger partial charge in [0.1, 0.15) is 26.4 Å². The summed E-state index contributed by atoms with van der Waals surface area (Å²) < 4.78 is 95.0. The number of nitrogens with zero attached hydrogens (tertiary/aromatic N) is 3. The Bertz CT molecular complexity index is 1910. The summed E-state index contributed by atoms with van der Waals surface area (Å²) in [5.41, 5.74) is -0.860. The topological polar surface area (TPSA) is 316 Å². The lowest BCUT2D eigenvalue weighted by Gasteiger charge is -2.33. The van der Waals surface area contributed by atoms with Crippen molar-refractivity contribution in [2.75, 3.05) is 212 Å². The van der Waals surface area contributed by atoms with Crippen molar-refractivity contribution in [2.24, 2.45) is 5.41 Å². The van der Waals surface area contributed by atoms with Crippen LogP contribution in [0.5, 0.6) is 0 Å². The van der Waals surface area contributed by atoms with E-state index < -0.39 is 47.7 Å². The van der Waals surface area contributed by atoms with Crippen molar-refractivity contribution in [3.63, 3.8) is 0 Å². The van der Waals surface area contributed by atoms with Crippen LogP contribution in [0.2, 0.25) is 0 Å². The van der Waals surface area contributed by atoms with E-state index in [1.807, 2.05) is 53.6 Å². The normalized spacial score (nSPS) is 19.1. The fourth-order valence-electron chi connectivity index (χ4n) is 10.0. The molecule has 3 aliphatic rings. The summed E-state index contributed by atoms with van der Waals surface area (Å²) in [6, 6.07) is 0. The maximum atomic E-state index is 11.6. The average Bonchev–Trinajstić information content (AvgIpc) is 1.63. The van der Waals surface area contributed by atoms with E-state index >= 15 is 0 Å². The molecule has 0 amide bonds. The molecule has 4 N–H and O–H groups in total. The minimum Gasteiger partial charge on any atom is -0.463 e. The molecule has 3 aliphatic heterocycles. The molecule has 3 saturated heterocycles. The minimum atomic E-state index is -0.860. The van der Waals surface area contributed by atoms with Crippen LogP contribution in [0.25, 0.3) is 0 Å². The van der Waals surface area contributed by atoms with Gasteiger partial charge in [-0.2, -0.15) is 0 Å². The quantitative estimate of drug-likeness (QED) is 0.0294. The van der Waals surface area contributed by atoms with E-state index in [2.05, 4.69) is 29.5 Å². The third-order valence-corrected chi connectivity index (χ3v) is 14.7. The van der Waals surface area contributed by atoms with Crippen molar-refractivity contribution in [1.82, 2.24) is 14.7 Å². The van der Waals surface area contributed by atoms with Crippen molar-refractivity contribution in [3.8, 4) is 0 Å². The lowest BCUT2D eigenvalue weighted by molar-refractivity contribution is -0.149. The largest absolute Gasteiger partial charge is 0.463 e. The van der Waals surface area contributed by atoms with Crippen molar-refractivity contribution in [3.05, 3.63) is 38.0 Å². The lowest BCUT2D eigenvalue weighted by Crippen LogP contribution is -2.44. The van der Waals surface area contributed by atoms with Crippen LogP contribution in [-0.4, -0.2) is 338 Å². The maximum absolute atomic E-state index is 11.6. The van der Waals surface area contributed by atoms with Crippen molar-refractivity contribution >= 4 is 23.9 Å². The second-order valence-electron chi connectivity index (χ2n) is 24.6. The zero-order chi connectivity index (χ0) is 69.9. The van der Waals surface area contributed by atoms with Gasteiger partial charge in [0.05, 0.1) is 178 Å². The summed E-state index contributed by atoms with van der Waals surface area (Å²) in [5.74, 6) is -2.03. The van der Waals surface area contributed by atoms with Crippen LogP contribution in [0, 0.1) is 5.41 Å². The number of aliphatic hydroxyl groups excluding tert-OH is 4. The van der Waals surface area contributed by atoms with Gasteiger partial charge in [0.2, 0.25) is 0 Å². The number of esters is 4. The van der Waals surface area contributed by atoms with Gasteiger partial charge < -0.3 is 111 Å². The smallest absolute Gasteiger partial charge is 0.330 e. The van der Waals surface area contributed by atoms with Gasteiger partial charge in [-0.15, -0.1) is 0 Å². The van der Waals surface area contributed by atoms with Crippen molar-refractivity contribution in [2.45, 2.75) is 153 Å². The van der Waals surface area contributed by atoms with Crippen LogP contribution in [0.4, 0.5) is 0 Å². The number of aliphatic hydroxyl groups is 4. The highest BCUT2D eigenvalue weighted by Gasteiger charge is 2.33. The van der Waals surface area contributed by atoms with Gasteiger partial charge in [-0.3, -0.25) is 9.69 Å². The highest BCUT2D eigenvalue weighted by Crippen LogP contribution is 2.22. The van der Waals surface area contributed by atoms with Crippen LogP contribution in [0.3, 0.4) is 0 Å². The van der Waals surface area contributed by atoms with Gasteiger partial charge in [-0.1, -0.05) is 26.7 Å². The minimum absolute atomic E-state index is 0.00585. The second kappa shape index (κ2) is 55.1. The maximum Gasteiger partial charge on any atom is 0.330 e. The summed E-state index contributed by atoms with van der Waals surface area (Å²) in [6.07, 6.45) is 7.45. The summed E-state index contributed by atoms with van der Waals surface area (Å²) in [4.78, 5) is 51.4.